The number of rotatable bonds is 14. The summed E-state index contributed by atoms with van der Waals surface area (Å²) in [6, 6.07) is 16.4. The third kappa shape index (κ3) is 10.2. The Labute approximate surface area is 272 Å². The van der Waals surface area contributed by atoms with Gasteiger partial charge in [-0.05, 0) is 42.2 Å². The number of nitrogens with zero attached hydrogens (tertiary/aromatic N) is 4. The van der Waals surface area contributed by atoms with E-state index in [0.717, 1.165) is 85.8 Å². The molecular weight excluding hydrogens is 627 g/mol. The molecule has 2 aliphatic rings. The maximum Gasteiger partial charge on any atom is 0.222 e. The zero-order valence-electron chi connectivity index (χ0n) is 24.9. The van der Waals surface area contributed by atoms with Crippen molar-refractivity contribution in [3.63, 3.8) is 0 Å². The molecule has 1 aliphatic heterocycles. The van der Waals surface area contributed by atoms with Crippen molar-refractivity contribution >= 4 is 46.6 Å². The number of nitrogens with one attached hydrogen (secondary N) is 1. The van der Waals surface area contributed by atoms with E-state index in [-0.39, 0.29) is 31.4 Å². The van der Waals surface area contributed by atoms with E-state index in [1.54, 1.807) is 0 Å². The van der Waals surface area contributed by atoms with Gasteiger partial charge in [0.1, 0.15) is 18.2 Å². The fraction of sp³-hybridized carbons (Fsp3) is 0.467. The number of hydrogen-bond donors (Lipinski definition) is 2. The molecule has 1 aliphatic carbocycles. The minimum atomic E-state index is -3.18. The minimum Gasteiger partial charge on any atom is -0.489 e. The van der Waals surface area contributed by atoms with Crippen LogP contribution >= 0.6 is 24.8 Å². The Balaban J connectivity index is 0.00000264. The Morgan fingerprint density at radius 1 is 0.909 bits per heavy atom. The minimum absolute atomic E-state index is 0. The molecule has 0 amide bonds. The van der Waals surface area contributed by atoms with Gasteiger partial charge in [-0.25, -0.2) is 18.1 Å². The van der Waals surface area contributed by atoms with E-state index < -0.39 is 10.0 Å². The molecule has 0 atom stereocenters. The van der Waals surface area contributed by atoms with Gasteiger partial charge in [0.05, 0.1) is 38.4 Å². The van der Waals surface area contributed by atoms with E-state index >= 15 is 0 Å². The van der Waals surface area contributed by atoms with Crippen molar-refractivity contribution in [1.82, 2.24) is 19.6 Å². The summed E-state index contributed by atoms with van der Waals surface area (Å²) in [6.07, 6.45) is 2.89. The first-order chi connectivity index (χ1) is 20.4. The van der Waals surface area contributed by atoms with Crippen molar-refractivity contribution < 1.29 is 22.6 Å². The molecule has 0 radical (unpaired) electrons. The van der Waals surface area contributed by atoms with Crippen LogP contribution in [0.1, 0.15) is 16.7 Å². The highest BCUT2D eigenvalue weighted by Gasteiger charge is 2.27. The number of piperazine rings is 1. The normalized spacial score (nSPS) is 14.6. The molecular formula is C30H42Cl2N6O5S. The SMILES string of the molecule is CS(=O)(=O)NCCOCCOCCN1CCN(c2nc(N)nc3c2CCc2cc(OCc4ccccc4)ccc2-3)CC1.Cl.Cl. The van der Waals surface area contributed by atoms with E-state index in [1.165, 1.54) is 5.56 Å². The zero-order valence-corrected chi connectivity index (χ0v) is 27.4. The van der Waals surface area contributed by atoms with Crippen LogP contribution in [0, 0.1) is 0 Å². The highest BCUT2D eigenvalue weighted by molar-refractivity contribution is 7.88. The van der Waals surface area contributed by atoms with Crippen LogP contribution in [0.25, 0.3) is 11.3 Å². The third-order valence-electron chi connectivity index (χ3n) is 7.43. The predicted octanol–water partition coefficient (Wildman–Crippen LogP) is 2.95. The molecule has 1 saturated heterocycles. The molecule has 0 saturated carbocycles. The molecule has 242 valence electrons. The molecule has 5 rings (SSSR count). The van der Waals surface area contributed by atoms with Crippen LogP contribution in [0.4, 0.5) is 11.8 Å². The maximum absolute atomic E-state index is 11.0. The fourth-order valence-corrected chi connectivity index (χ4v) is 5.75. The maximum atomic E-state index is 11.0. The van der Waals surface area contributed by atoms with Crippen LogP contribution in [0.2, 0.25) is 0 Å². The van der Waals surface area contributed by atoms with Crippen molar-refractivity contribution in [3.8, 4) is 17.0 Å². The molecule has 1 fully saturated rings. The number of ether oxygens (including phenoxy) is 3. The number of sulfonamides is 1. The summed E-state index contributed by atoms with van der Waals surface area (Å²) in [6.45, 7) is 7.05. The monoisotopic (exact) mass is 668 g/mol. The summed E-state index contributed by atoms with van der Waals surface area (Å²) >= 11 is 0. The molecule has 1 aromatic heterocycles. The summed E-state index contributed by atoms with van der Waals surface area (Å²) in [5.41, 5.74) is 11.8. The van der Waals surface area contributed by atoms with Crippen LogP contribution in [-0.2, 0) is 38.9 Å². The first-order valence-corrected chi connectivity index (χ1v) is 16.3. The van der Waals surface area contributed by atoms with Gasteiger partial charge >= 0.3 is 0 Å². The molecule has 3 N–H and O–H groups in total. The van der Waals surface area contributed by atoms with Crippen molar-refractivity contribution in [3.05, 3.63) is 65.2 Å². The standard InChI is InChI=1S/C30H40N6O5S.2ClH/c1-42(37,38)32-11-17-39-19-20-40-18-16-35-12-14-36(15-13-35)29-27-9-7-24-21-25(41-22-23-5-3-2-4-6-23)8-10-26(24)28(27)33-30(31)34-29;;/h2-6,8,10,21,32H,7,9,11-20,22H2,1H3,(H2,31,33,34);2*1H. The lowest BCUT2D eigenvalue weighted by atomic mass is 9.88. The summed E-state index contributed by atoms with van der Waals surface area (Å²) in [4.78, 5) is 14.1. The Hall–Kier alpha value is -2.71. The fourth-order valence-electron chi connectivity index (χ4n) is 5.30. The first kappa shape index (κ1) is 35.8. The highest BCUT2D eigenvalue weighted by atomic mass is 35.5. The predicted molar refractivity (Wildman–Crippen MR) is 178 cm³/mol. The second-order valence-electron chi connectivity index (χ2n) is 10.5. The van der Waals surface area contributed by atoms with Crippen LogP contribution in [0.5, 0.6) is 5.75 Å². The topological polar surface area (TPSA) is 132 Å². The first-order valence-electron chi connectivity index (χ1n) is 14.4. The number of aryl methyl sites for hydroxylation is 1. The van der Waals surface area contributed by atoms with Crippen molar-refractivity contribution in [2.45, 2.75) is 19.4 Å². The molecule has 2 aromatic carbocycles. The van der Waals surface area contributed by atoms with Gasteiger partial charge in [-0.2, -0.15) is 4.98 Å². The van der Waals surface area contributed by atoms with Gasteiger partial charge in [0.2, 0.25) is 16.0 Å². The van der Waals surface area contributed by atoms with Gasteiger partial charge in [0.25, 0.3) is 0 Å². The molecule has 0 unspecified atom stereocenters. The van der Waals surface area contributed by atoms with Crippen LogP contribution < -0.4 is 20.1 Å². The number of anilines is 2. The van der Waals surface area contributed by atoms with Gasteiger partial charge in [0, 0.05) is 50.4 Å². The number of hydrogen-bond acceptors (Lipinski definition) is 10. The Morgan fingerprint density at radius 2 is 1.64 bits per heavy atom. The number of nitrogens with two attached hydrogens (primary N) is 1. The molecule has 0 spiro atoms. The smallest absolute Gasteiger partial charge is 0.222 e. The van der Waals surface area contributed by atoms with E-state index in [0.29, 0.717) is 39.0 Å². The van der Waals surface area contributed by atoms with Crippen LogP contribution in [-0.4, -0.2) is 95.2 Å². The summed E-state index contributed by atoms with van der Waals surface area (Å²) in [7, 11) is -3.18. The van der Waals surface area contributed by atoms with Crippen molar-refractivity contribution in [2.75, 3.05) is 82.6 Å². The van der Waals surface area contributed by atoms with Gasteiger partial charge in [0.15, 0.2) is 0 Å². The number of aromatic nitrogens is 2. The second kappa shape index (κ2) is 17.1. The molecule has 44 heavy (non-hydrogen) atoms. The number of fused-ring (bicyclic) bond motifs is 3. The Kier molecular flexibility index (Phi) is 13.9. The number of benzene rings is 2. The average molecular weight is 670 g/mol. The quantitative estimate of drug-likeness (QED) is 0.247. The van der Waals surface area contributed by atoms with E-state index in [1.807, 2.05) is 24.3 Å². The summed E-state index contributed by atoms with van der Waals surface area (Å²) in [5, 5.41) is 0. The van der Waals surface area contributed by atoms with E-state index in [4.69, 9.17) is 24.9 Å². The Morgan fingerprint density at radius 3 is 2.36 bits per heavy atom. The lowest BCUT2D eigenvalue weighted by molar-refractivity contribution is 0.0399. The molecule has 0 bridgehead atoms. The molecule has 3 aromatic rings. The summed E-state index contributed by atoms with van der Waals surface area (Å²) in [5.74, 6) is 2.11. The molecule has 14 heteroatoms. The van der Waals surface area contributed by atoms with Gasteiger partial charge < -0.3 is 24.8 Å². The van der Waals surface area contributed by atoms with Crippen molar-refractivity contribution in [2.24, 2.45) is 0 Å². The van der Waals surface area contributed by atoms with Gasteiger partial charge in [-0.3, -0.25) is 4.90 Å². The lowest BCUT2D eigenvalue weighted by Crippen LogP contribution is -2.48. The summed E-state index contributed by atoms with van der Waals surface area (Å²) < 4.78 is 41.6. The van der Waals surface area contributed by atoms with Crippen LogP contribution in [0.15, 0.2) is 48.5 Å². The average Bonchev–Trinajstić information content (AvgIpc) is 2.99. The number of halogens is 2. The zero-order chi connectivity index (χ0) is 29.4. The van der Waals surface area contributed by atoms with Gasteiger partial charge in [-0.1, -0.05) is 30.3 Å². The molecule has 11 nitrogen and oxygen atoms in total. The molecule has 2 heterocycles. The lowest BCUT2D eigenvalue weighted by Gasteiger charge is -2.37. The van der Waals surface area contributed by atoms with Crippen LogP contribution in [0.3, 0.4) is 0 Å². The largest absolute Gasteiger partial charge is 0.489 e. The third-order valence-corrected chi connectivity index (χ3v) is 8.16. The van der Waals surface area contributed by atoms with Crippen molar-refractivity contribution in [1.29, 1.82) is 0 Å². The number of nitrogen functional groups attached to an aromatic ring is 1. The van der Waals surface area contributed by atoms with E-state index in [9.17, 15) is 8.42 Å². The van der Waals surface area contributed by atoms with E-state index in [2.05, 4.69) is 43.8 Å². The Bertz CT molecular complexity index is 1440. The second-order valence-corrected chi connectivity index (χ2v) is 12.4. The highest BCUT2D eigenvalue weighted by Crippen LogP contribution is 2.38. The van der Waals surface area contributed by atoms with Gasteiger partial charge in [-0.15, -0.1) is 24.8 Å².